The number of hydrogen-bond acceptors (Lipinski definition) is 4. The fraction of sp³-hybridized carbons (Fsp3) is 0.500. The molecule has 0 unspecified atom stereocenters. The Balaban J connectivity index is 1.69. The van der Waals surface area contributed by atoms with Crippen LogP contribution < -0.4 is 5.32 Å². The SMILES string of the molecule is C[C@@H]1CN(C(=O)C[C@H]2Sc3ccc(C(F)(F)F)cc3NC2=O)CCO1. The lowest BCUT2D eigenvalue weighted by Crippen LogP contribution is -2.46. The van der Waals surface area contributed by atoms with E-state index in [1.54, 1.807) is 4.90 Å². The van der Waals surface area contributed by atoms with Gasteiger partial charge in [-0.05, 0) is 25.1 Å². The van der Waals surface area contributed by atoms with E-state index in [2.05, 4.69) is 5.32 Å². The number of carbonyl (C=O) groups excluding carboxylic acids is 2. The Kier molecular flexibility index (Phi) is 4.97. The first kappa shape index (κ1) is 18.1. The molecule has 1 fully saturated rings. The van der Waals surface area contributed by atoms with E-state index in [4.69, 9.17) is 4.74 Å². The van der Waals surface area contributed by atoms with Gasteiger partial charge in [0.05, 0.1) is 29.2 Å². The standard InChI is InChI=1S/C16H17F3N2O3S/c1-9-8-21(4-5-24-9)14(22)7-13-15(23)20-11-6-10(16(17,18)19)2-3-12(11)25-13/h2-3,6,9,13H,4-5,7-8H2,1H3,(H,20,23)/t9-,13-/m1/s1. The third-order valence-electron chi connectivity index (χ3n) is 4.08. The maximum absolute atomic E-state index is 12.8. The fourth-order valence-electron chi connectivity index (χ4n) is 2.79. The molecule has 2 aliphatic heterocycles. The summed E-state index contributed by atoms with van der Waals surface area (Å²) >= 11 is 1.12. The van der Waals surface area contributed by atoms with Gasteiger partial charge in [0.2, 0.25) is 11.8 Å². The molecule has 1 aromatic rings. The van der Waals surface area contributed by atoms with Crippen LogP contribution in [0.1, 0.15) is 18.9 Å². The van der Waals surface area contributed by atoms with Gasteiger partial charge < -0.3 is 15.0 Å². The monoisotopic (exact) mass is 374 g/mol. The molecule has 25 heavy (non-hydrogen) atoms. The van der Waals surface area contributed by atoms with E-state index < -0.39 is 22.9 Å². The summed E-state index contributed by atoms with van der Waals surface area (Å²) in [6, 6.07) is 3.23. The van der Waals surface area contributed by atoms with Crippen LogP contribution in [0.15, 0.2) is 23.1 Å². The summed E-state index contributed by atoms with van der Waals surface area (Å²) in [6.07, 6.45) is -4.51. The summed E-state index contributed by atoms with van der Waals surface area (Å²) in [5.41, 5.74) is -0.683. The molecule has 2 atom stereocenters. The number of nitrogens with zero attached hydrogens (tertiary/aromatic N) is 1. The Hall–Kier alpha value is -1.74. The topological polar surface area (TPSA) is 58.6 Å². The maximum atomic E-state index is 12.8. The zero-order valence-corrected chi connectivity index (χ0v) is 14.2. The number of amides is 2. The smallest absolute Gasteiger partial charge is 0.375 e. The van der Waals surface area contributed by atoms with E-state index in [0.29, 0.717) is 24.6 Å². The average molecular weight is 374 g/mol. The van der Waals surface area contributed by atoms with Gasteiger partial charge >= 0.3 is 6.18 Å². The van der Waals surface area contributed by atoms with E-state index in [1.165, 1.54) is 6.07 Å². The minimum absolute atomic E-state index is 0.00365. The minimum Gasteiger partial charge on any atom is -0.375 e. The summed E-state index contributed by atoms with van der Waals surface area (Å²) in [6.45, 7) is 3.28. The van der Waals surface area contributed by atoms with Gasteiger partial charge in [0.1, 0.15) is 0 Å². The van der Waals surface area contributed by atoms with Crippen molar-refractivity contribution in [2.45, 2.75) is 35.8 Å². The van der Waals surface area contributed by atoms with Gasteiger partial charge in [-0.25, -0.2) is 0 Å². The quantitative estimate of drug-likeness (QED) is 0.865. The molecule has 2 heterocycles. The maximum Gasteiger partial charge on any atom is 0.416 e. The Morgan fingerprint density at radius 1 is 1.44 bits per heavy atom. The van der Waals surface area contributed by atoms with Crippen LogP contribution in [0, 0.1) is 0 Å². The number of morpholine rings is 1. The van der Waals surface area contributed by atoms with Crippen molar-refractivity contribution in [3.05, 3.63) is 23.8 Å². The van der Waals surface area contributed by atoms with Crippen molar-refractivity contribution < 1.29 is 27.5 Å². The first-order valence-electron chi connectivity index (χ1n) is 7.82. The number of rotatable bonds is 2. The van der Waals surface area contributed by atoms with Crippen LogP contribution in [0.5, 0.6) is 0 Å². The van der Waals surface area contributed by atoms with Gasteiger partial charge in [-0.1, -0.05) is 0 Å². The second-order valence-corrected chi connectivity index (χ2v) is 7.27. The molecular weight excluding hydrogens is 357 g/mol. The lowest BCUT2D eigenvalue weighted by atomic mass is 10.1. The number of halogens is 3. The van der Waals surface area contributed by atoms with E-state index in [9.17, 15) is 22.8 Å². The molecule has 1 saturated heterocycles. The van der Waals surface area contributed by atoms with Crippen LogP contribution in [0.25, 0.3) is 0 Å². The third-order valence-corrected chi connectivity index (χ3v) is 5.36. The van der Waals surface area contributed by atoms with E-state index in [0.717, 1.165) is 23.9 Å². The number of benzene rings is 1. The highest BCUT2D eigenvalue weighted by atomic mass is 32.2. The Morgan fingerprint density at radius 3 is 2.88 bits per heavy atom. The molecule has 0 spiro atoms. The van der Waals surface area contributed by atoms with E-state index in [-0.39, 0.29) is 24.1 Å². The Labute approximate surface area is 146 Å². The fourth-order valence-corrected chi connectivity index (χ4v) is 3.88. The molecule has 136 valence electrons. The minimum atomic E-state index is -4.47. The molecule has 0 aliphatic carbocycles. The van der Waals surface area contributed by atoms with E-state index in [1.807, 2.05) is 6.92 Å². The Morgan fingerprint density at radius 2 is 2.20 bits per heavy atom. The van der Waals surface area contributed by atoms with Gasteiger partial charge in [0.15, 0.2) is 0 Å². The summed E-state index contributed by atoms with van der Waals surface area (Å²) in [7, 11) is 0. The lowest BCUT2D eigenvalue weighted by Gasteiger charge is -2.32. The zero-order valence-electron chi connectivity index (χ0n) is 13.4. The lowest BCUT2D eigenvalue weighted by molar-refractivity contribution is -0.139. The molecule has 3 rings (SSSR count). The first-order valence-corrected chi connectivity index (χ1v) is 8.70. The van der Waals surface area contributed by atoms with Crippen LogP contribution in [0.3, 0.4) is 0 Å². The summed E-state index contributed by atoms with van der Waals surface area (Å²) < 4.78 is 43.7. The average Bonchev–Trinajstić information content (AvgIpc) is 2.54. The number of anilines is 1. The van der Waals surface area contributed by atoms with Crippen molar-refractivity contribution in [2.75, 3.05) is 25.0 Å². The number of alkyl halides is 3. The normalized spacial score (nSPS) is 23.8. The van der Waals surface area contributed by atoms with Gasteiger partial charge in [0.25, 0.3) is 0 Å². The molecule has 1 aromatic carbocycles. The highest BCUT2D eigenvalue weighted by Gasteiger charge is 2.35. The number of fused-ring (bicyclic) bond motifs is 1. The predicted molar refractivity (Wildman–Crippen MR) is 86.3 cm³/mol. The van der Waals surface area contributed by atoms with Gasteiger partial charge in [0, 0.05) is 24.4 Å². The molecule has 2 aliphatic rings. The van der Waals surface area contributed by atoms with Crippen LogP contribution in [-0.4, -0.2) is 47.8 Å². The van der Waals surface area contributed by atoms with Crippen LogP contribution in [0.2, 0.25) is 0 Å². The highest BCUT2D eigenvalue weighted by molar-refractivity contribution is 8.01. The number of carbonyl (C=O) groups is 2. The molecule has 9 heteroatoms. The third kappa shape index (κ3) is 4.09. The summed E-state index contributed by atoms with van der Waals surface area (Å²) in [5.74, 6) is -0.607. The number of hydrogen-bond donors (Lipinski definition) is 1. The second-order valence-electron chi connectivity index (χ2n) is 6.03. The van der Waals surface area contributed by atoms with Gasteiger partial charge in [-0.3, -0.25) is 9.59 Å². The molecule has 5 nitrogen and oxygen atoms in total. The van der Waals surface area contributed by atoms with Gasteiger partial charge in [-0.2, -0.15) is 13.2 Å². The number of ether oxygens (including phenoxy) is 1. The summed E-state index contributed by atoms with van der Waals surface area (Å²) in [5, 5.41) is 1.83. The number of nitrogens with one attached hydrogen (secondary N) is 1. The van der Waals surface area contributed by atoms with Crippen molar-refractivity contribution in [1.82, 2.24) is 4.90 Å². The van der Waals surface area contributed by atoms with E-state index >= 15 is 0 Å². The second kappa shape index (κ2) is 6.87. The molecular formula is C16H17F3N2O3S. The zero-order chi connectivity index (χ0) is 18.2. The molecule has 2 amide bonds. The summed E-state index contributed by atoms with van der Waals surface area (Å²) in [4.78, 5) is 26.8. The van der Waals surface area contributed by atoms with Crippen LogP contribution >= 0.6 is 11.8 Å². The van der Waals surface area contributed by atoms with Crippen LogP contribution in [0.4, 0.5) is 18.9 Å². The molecule has 0 aromatic heterocycles. The van der Waals surface area contributed by atoms with Crippen molar-refractivity contribution in [3.63, 3.8) is 0 Å². The molecule has 0 bridgehead atoms. The predicted octanol–water partition coefficient (Wildman–Crippen LogP) is 2.76. The molecule has 0 saturated carbocycles. The Bertz CT molecular complexity index is 696. The molecule has 0 radical (unpaired) electrons. The number of thioether (sulfide) groups is 1. The van der Waals surface area contributed by atoms with Crippen LogP contribution in [-0.2, 0) is 20.5 Å². The molecule has 1 N–H and O–H groups in total. The first-order chi connectivity index (χ1) is 11.7. The van der Waals surface area contributed by atoms with Crippen molar-refractivity contribution in [2.24, 2.45) is 0 Å². The van der Waals surface area contributed by atoms with Gasteiger partial charge in [-0.15, -0.1) is 11.8 Å². The largest absolute Gasteiger partial charge is 0.416 e. The van der Waals surface area contributed by atoms with Crippen molar-refractivity contribution in [1.29, 1.82) is 0 Å². The van der Waals surface area contributed by atoms with Crippen molar-refractivity contribution >= 4 is 29.3 Å². The van der Waals surface area contributed by atoms with Crippen molar-refractivity contribution in [3.8, 4) is 0 Å². The highest BCUT2D eigenvalue weighted by Crippen LogP contribution is 2.40.